The first-order chi connectivity index (χ1) is 14.4. The van der Waals surface area contributed by atoms with Gasteiger partial charge in [-0.1, -0.05) is 23.7 Å². The first-order valence-electron chi connectivity index (χ1n) is 9.59. The summed E-state index contributed by atoms with van der Waals surface area (Å²) >= 11 is 6.28. The fourth-order valence-corrected chi connectivity index (χ4v) is 3.81. The van der Waals surface area contributed by atoms with E-state index >= 15 is 0 Å². The van der Waals surface area contributed by atoms with Crippen LogP contribution in [0.15, 0.2) is 41.2 Å². The first kappa shape index (κ1) is 20.2. The summed E-state index contributed by atoms with van der Waals surface area (Å²) in [7, 11) is 0. The number of nitrogens with one attached hydrogen (secondary N) is 2. The average molecular weight is 429 g/mol. The van der Waals surface area contributed by atoms with Crippen molar-refractivity contribution in [3.63, 3.8) is 0 Å². The van der Waals surface area contributed by atoms with Crippen molar-refractivity contribution in [2.75, 3.05) is 36.5 Å². The van der Waals surface area contributed by atoms with Gasteiger partial charge >= 0.3 is 5.97 Å². The standard InChI is InChI=1S/C21H21ClN4O4/c1-12(23-17-5-3-2-4-14(17)20(28)29)15-10-13(22)11-16-18(15)24-21(25-19(16)27)26-6-8-30-9-7-26/h2-5,10-12,23H,6-9H2,1H3,(H,28,29)(H,24,25,27). The topological polar surface area (TPSA) is 108 Å². The van der Waals surface area contributed by atoms with E-state index in [1.807, 2.05) is 11.8 Å². The van der Waals surface area contributed by atoms with Gasteiger partial charge in [0.05, 0.1) is 35.7 Å². The second-order valence-electron chi connectivity index (χ2n) is 7.10. The number of fused-ring (bicyclic) bond motifs is 1. The Morgan fingerprint density at radius 3 is 2.77 bits per heavy atom. The number of benzene rings is 2. The summed E-state index contributed by atoms with van der Waals surface area (Å²) in [5.41, 5.74) is 1.60. The van der Waals surface area contributed by atoms with Gasteiger partial charge in [0.1, 0.15) is 0 Å². The second-order valence-corrected chi connectivity index (χ2v) is 7.53. The zero-order valence-electron chi connectivity index (χ0n) is 16.3. The van der Waals surface area contributed by atoms with Gasteiger partial charge in [-0.3, -0.25) is 9.78 Å². The number of H-pyrrole nitrogens is 1. The van der Waals surface area contributed by atoms with E-state index in [-0.39, 0.29) is 17.2 Å². The number of nitrogens with zero attached hydrogens (tertiary/aromatic N) is 2. The summed E-state index contributed by atoms with van der Waals surface area (Å²) in [5, 5.41) is 13.5. The lowest BCUT2D eigenvalue weighted by Crippen LogP contribution is -2.38. The third-order valence-corrected chi connectivity index (χ3v) is 5.32. The maximum absolute atomic E-state index is 12.8. The minimum absolute atomic E-state index is 0.162. The van der Waals surface area contributed by atoms with Gasteiger partial charge in [0.25, 0.3) is 5.56 Å². The maximum atomic E-state index is 12.8. The molecule has 0 radical (unpaired) electrons. The molecule has 1 atom stereocenters. The third-order valence-electron chi connectivity index (χ3n) is 5.10. The van der Waals surface area contributed by atoms with Crippen molar-refractivity contribution < 1.29 is 14.6 Å². The summed E-state index contributed by atoms with van der Waals surface area (Å²) < 4.78 is 5.38. The van der Waals surface area contributed by atoms with E-state index in [9.17, 15) is 14.7 Å². The van der Waals surface area contributed by atoms with E-state index in [2.05, 4.69) is 10.3 Å². The van der Waals surface area contributed by atoms with Crippen LogP contribution in [0.4, 0.5) is 11.6 Å². The second kappa shape index (κ2) is 8.33. The third kappa shape index (κ3) is 3.96. The number of anilines is 2. The quantitative estimate of drug-likeness (QED) is 0.572. The Morgan fingerprint density at radius 1 is 1.30 bits per heavy atom. The fourth-order valence-electron chi connectivity index (χ4n) is 3.58. The Balaban J connectivity index is 1.78. The number of aromatic amines is 1. The molecular formula is C21H21ClN4O4. The predicted octanol–water partition coefficient (Wildman–Crippen LogP) is 3.28. The number of halogens is 1. The van der Waals surface area contributed by atoms with Gasteiger partial charge in [-0.05, 0) is 31.2 Å². The van der Waals surface area contributed by atoms with Crippen LogP contribution in [-0.4, -0.2) is 47.3 Å². The number of ether oxygens (including phenoxy) is 1. The number of carboxylic acids is 1. The highest BCUT2D eigenvalue weighted by atomic mass is 35.5. The molecule has 8 nitrogen and oxygen atoms in total. The van der Waals surface area contributed by atoms with Gasteiger partial charge in [-0.2, -0.15) is 0 Å². The van der Waals surface area contributed by atoms with Gasteiger partial charge in [0, 0.05) is 29.4 Å². The molecule has 3 N–H and O–H groups in total. The van der Waals surface area contributed by atoms with Crippen molar-refractivity contribution in [1.29, 1.82) is 0 Å². The van der Waals surface area contributed by atoms with Crippen molar-refractivity contribution in [3.8, 4) is 0 Å². The van der Waals surface area contributed by atoms with Crippen molar-refractivity contribution in [2.24, 2.45) is 0 Å². The van der Waals surface area contributed by atoms with E-state index in [1.54, 1.807) is 30.3 Å². The number of hydrogen-bond acceptors (Lipinski definition) is 6. The van der Waals surface area contributed by atoms with Crippen LogP contribution in [0.3, 0.4) is 0 Å². The molecule has 1 unspecified atom stereocenters. The molecule has 9 heteroatoms. The number of morpholine rings is 1. The molecule has 30 heavy (non-hydrogen) atoms. The van der Waals surface area contributed by atoms with E-state index < -0.39 is 5.97 Å². The summed E-state index contributed by atoms with van der Waals surface area (Å²) in [5.74, 6) is -0.539. The molecule has 0 saturated carbocycles. The number of rotatable bonds is 5. The smallest absolute Gasteiger partial charge is 0.337 e. The van der Waals surface area contributed by atoms with Crippen LogP contribution < -0.4 is 15.8 Å². The van der Waals surface area contributed by atoms with Gasteiger partial charge < -0.3 is 20.1 Å². The average Bonchev–Trinajstić information content (AvgIpc) is 2.74. The van der Waals surface area contributed by atoms with Crippen LogP contribution in [0.5, 0.6) is 0 Å². The molecule has 0 amide bonds. The van der Waals surface area contributed by atoms with E-state index in [0.29, 0.717) is 59.4 Å². The summed E-state index contributed by atoms with van der Waals surface area (Å²) in [4.78, 5) is 33.8. The Kier molecular flexibility index (Phi) is 5.61. The molecule has 1 fully saturated rings. The Hall–Kier alpha value is -3.10. The van der Waals surface area contributed by atoms with Crippen LogP contribution >= 0.6 is 11.6 Å². The number of para-hydroxylation sites is 1. The molecule has 156 valence electrons. The molecule has 4 rings (SSSR count). The molecule has 1 aliphatic rings. The molecule has 0 bridgehead atoms. The highest BCUT2D eigenvalue weighted by Crippen LogP contribution is 2.30. The van der Waals surface area contributed by atoms with Gasteiger partial charge in [0.2, 0.25) is 5.95 Å². The van der Waals surface area contributed by atoms with Crippen molar-refractivity contribution in [2.45, 2.75) is 13.0 Å². The van der Waals surface area contributed by atoms with Gasteiger partial charge in [-0.25, -0.2) is 9.78 Å². The van der Waals surface area contributed by atoms with Gasteiger partial charge in [-0.15, -0.1) is 0 Å². The molecule has 1 saturated heterocycles. The maximum Gasteiger partial charge on any atom is 0.337 e. The summed E-state index contributed by atoms with van der Waals surface area (Å²) in [6.45, 7) is 4.29. The molecule has 3 aromatic rings. The van der Waals surface area contributed by atoms with Crippen LogP contribution in [0.25, 0.3) is 10.9 Å². The summed E-state index contributed by atoms with van der Waals surface area (Å²) in [6, 6.07) is 9.66. The number of carboxylic acid groups (broad SMARTS) is 1. The highest BCUT2D eigenvalue weighted by molar-refractivity contribution is 6.31. The number of hydrogen-bond donors (Lipinski definition) is 3. The van der Waals surface area contributed by atoms with E-state index in [4.69, 9.17) is 21.3 Å². The van der Waals surface area contributed by atoms with E-state index in [0.717, 1.165) is 0 Å². The van der Waals surface area contributed by atoms with Crippen LogP contribution in [0.2, 0.25) is 5.02 Å². The monoisotopic (exact) mass is 428 g/mol. The lowest BCUT2D eigenvalue weighted by molar-refractivity contribution is 0.0698. The molecule has 1 aliphatic heterocycles. The van der Waals surface area contributed by atoms with Crippen molar-refractivity contribution >= 4 is 40.1 Å². The normalized spacial score (nSPS) is 15.2. The van der Waals surface area contributed by atoms with Crippen LogP contribution in [0, 0.1) is 0 Å². The van der Waals surface area contributed by atoms with Gasteiger partial charge in [0.15, 0.2) is 0 Å². The predicted molar refractivity (Wildman–Crippen MR) is 116 cm³/mol. The van der Waals surface area contributed by atoms with E-state index in [1.165, 1.54) is 6.07 Å². The molecular weight excluding hydrogens is 408 g/mol. The molecule has 0 aliphatic carbocycles. The minimum Gasteiger partial charge on any atom is -0.478 e. The Bertz CT molecular complexity index is 1160. The van der Waals surface area contributed by atoms with Crippen LogP contribution in [-0.2, 0) is 4.74 Å². The lowest BCUT2D eigenvalue weighted by atomic mass is 10.0. The van der Waals surface area contributed by atoms with Crippen LogP contribution in [0.1, 0.15) is 28.9 Å². The zero-order chi connectivity index (χ0) is 21.3. The van der Waals surface area contributed by atoms with Crippen molar-refractivity contribution in [3.05, 3.63) is 62.9 Å². The van der Waals surface area contributed by atoms with Crippen molar-refractivity contribution in [1.82, 2.24) is 9.97 Å². The number of carbonyl (C=O) groups is 1. The molecule has 1 aromatic heterocycles. The molecule has 2 heterocycles. The summed E-state index contributed by atoms with van der Waals surface area (Å²) in [6.07, 6.45) is 0. The minimum atomic E-state index is -1.02. The molecule has 2 aromatic carbocycles. The highest BCUT2D eigenvalue weighted by Gasteiger charge is 2.20. The molecule has 0 spiro atoms. The zero-order valence-corrected chi connectivity index (χ0v) is 17.1. The first-order valence-corrected chi connectivity index (χ1v) is 9.97. The lowest BCUT2D eigenvalue weighted by Gasteiger charge is -2.27. The fraction of sp³-hybridized carbons (Fsp3) is 0.286. The Morgan fingerprint density at radius 2 is 2.03 bits per heavy atom. The Labute approximate surface area is 177 Å². The number of aromatic carboxylic acids is 1. The number of aromatic nitrogens is 2. The SMILES string of the molecule is CC(Nc1ccccc1C(=O)O)c1cc(Cl)cc2c(=O)[nH]c(N3CCOCC3)nc12. The largest absolute Gasteiger partial charge is 0.478 e.